The Bertz CT molecular complexity index is 461. The van der Waals surface area contributed by atoms with E-state index in [1.54, 1.807) is 11.3 Å². The average molecular weight is 290 g/mol. The number of hydrogen-bond acceptors (Lipinski definition) is 3. The zero-order valence-corrected chi connectivity index (χ0v) is 12.5. The van der Waals surface area contributed by atoms with Crippen molar-refractivity contribution in [3.05, 3.63) is 16.8 Å². The summed E-state index contributed by atoms with van der Waals surface area (Å²) in [6, 6.07) is 1.95. The van der Waals surface area contributed by atoms with Crippen molar-refractivity contribution in [3.8, 4) is 0 Å². The summed E-state index contributed by atoms with van der Waals surface area (Å²) >= 11 is 1.61. The Morgan fingerprint density at radius 1 is 1.20 bits per heavy atom. The first kappa shape index (κ1) is 12.8. The van der Waals surface area contributed by atoms with Crippen LogP contribution < -0.4 is 10.6 Å². The van der Waals surface area contributed by atoms with Crippen LogP contribution in [-0.4, -0.2) is 18.0 Å². The second kappa shape index (κ2) is 4.85. The van der Waals surface area contributed by atoms with Gasteiger partial charge < -0.3 is 10.6 Å². The van der Waals surface area contributed by atoms with Gasteiger partial charge in [-0.1, -0.05) is 0 Å². The van der Waals surface area contributed by atoms with Gasteiger partial charge in [0.05, 0.1) is 12.2 Å². The molecule has 0 atom stereocenters. The molecule has 4 fully saturated rings. The highest BCUT2D eigenvalue weighted by Crippen LogP contribution is 2.55. The molecule has 1 heterocycles. The van der Waals surface area contributed by atoms with Crippen molar-refractivity contribution in [2.24, 2.45) is 17.8 Å². The highest BCUT2D eigenvalue weighted by atomic mass is 32.1. The van der Waals surface area contributed by atoms with E-state index in [0.717, 1.165) is 23.4 Å². The Hall–Kier alpha value is -0.870. The zero-order valence-electron chi connectivity index (χ0n) is 11.7. The van der Waals surface area contributed by atoms with Gasteiger partial charge in [-0.2, -0.15) is 11.3 Å². The maximum absolute atomic E-state index is 12.0. The largest absolute Gasteiger partial charge is 0.324 e. The molecule has 4 saturated carbocycles. The molecule has 1 aromatic heterocycles. The maximum Gasteiger partial charge on any atom is 0.238 e. The number of nitrogens with one attached hydrogen (secondary N) is 2. The van der Waals surface area contributed by atoms with Crippen LogP contribution >= 0.6 is 11.3 Å². The van der Waals surface area contributed by atoms with Crippen LogP contribution in [0.5, 0.6) is 0 Å². The number of hydrogen-bond donors (Lipinski definition) is 2. The van der Waals surface area contributed by atoms with Crippen molar-refractivity contribution in [3.63, 3.8) is 0 Å². The zero-order chi connectivity index (χ0) is 13.6. The van der Waals surface area contributed by atoms with Gasteiger partial charge in [-0.05, 0) is 67.7 Å². The minimum absolute atomic E-state index is 0.0964. The highest BCUT2D eigenvalue weighted by molar-refractivity contribution is 7.08. The third-order valence-corrected chi connectivity index (χ3v) is 6.15. The second-order valence-corrected chi connectivity index (χ2v) is 7.89. The van der Waals surface area contributed by atoms with Gasteiger partial charge in [-0.15, -0.1) is 0 Å². The molecule has 4 aliphatic rings. The van der Waals surface area contributed by atoms with Crippen LogP contribution in [0, 0.1) is 17.8 Å². The molecule has 1 amide bonds. The molecule has 20 heavy (non-hydrogen) atoms. The highest BCUT2D eigenvalue weighted by Gasteiger charge is 2.50. The molecule has 0 spiro atoms. The molecule has 0 saturated heterocycles. The average Bonchev–Trinajstić information content (AvgIpc) is 2.88. The number of amides is 1. The van der Waals surface area contributed by atoms with E-state index in [4.69, 9.17) is 0 Å². The maximum atomic E-state index is 12.0. The Morgan fingerprint density at radius 3 is 2.40 bits per heavy atom. The van der Waals surface area contributed by atoms with Crippen molar-refractivity contribution in [1.82, 2.24) is 5.32 Å². The van der Waals surface area contributed by atoms with Crippen LogP contribution in [0.3, 0.4) is 0 Å². The quantitative estimate of drug-likeness (QED) is 0.894. The number of anilines is 1. The molecular formula is C16H22N2OS. The Kier molecular flexibility index (Phi) is 3.11. The molecule has 1 aromatic rings. The van der Waals surface area contributed by atoms with E-state index < -0.39 is 0 Å². The summed E-state index contributed by atoms with van der Waals surface area (Å²) < 4.78 is 0. The normalized spacial score (nSPS) is 38.1. The summed E-state index contributed by atoms with van der Waals surface area (Å²) in [5.41, 5.74) is 1.20. The molecule has 3 nitrogen and oxygen atoms in total. The number of carbonyl (C=O) groups excluding carboxylic acids is 1. The van der Waals surface area contributed by atoms with Gasteiger partial charge >= 0.3 is 0 Å². The SMILES string of the molecule is O=C(CNC12CC3CC(CC(C3)C1)C2)Nc1ccsc1. The molecule has 0 unspecified atom stereocenters. The molecule has 4 aliphatic carbocycles. The van der Waals surface area contributed by atoms with Crippen LogP contribution in [-0.2, 0) is 4.79 Å². The molecule has 108 valence electrons. The van der Waals surface area contributed by atoms with Crippen molar-refractivity contribution in [1.29, 1.82) is 0 Å². The molecule has 4 heteroatoms. The van der Waals surface area contributed by atoms with Crippen LogP contribution in [0.4, 0.5) is 5.69 Å². The smallest absolute Gasteiger partial charge is 0.238 e. The summed E-state index contributed by atoms with van der Waals surface area (Å²) in [5, 5.41) is 10.6. The van der Waals surface area contributed by atoms with Crippen LogP contribution in [0.15, 0.2) is 16.8 Å². The van der Waals surface area contributed by atoms with Gasteiger partial charge in [-0.3, -0.25) is 4.79 Å². The Labute approximate surface area is 124 Å². The predicted molar refractivity (Wildman–Crippen MR) is 81.9 cm³/mol. The first-order chi connectivity index (χ1) is 9.71. The third kappa shape index (κ3) is 2.40. The molecule has 0 aromatic carbocycles. The predicted octanol–water partition coefficient (Wildman–Crippen LogP) is 3.25. The lowest BCUT2D eigenvalue weighted by Crippen LogP contribution is -2.59. The van der Waals surface area contributed by atoms with E-state index >= 15 is 0 Å². The van der Waals surface area contributed by atoms with Gasteiger partial charge in [-0.25, -0.2) is 0 Å². The van der Waals surface area contributed by atoms with E-state index in [1.165, 1.54) is 38.5 Å². The fourth-order valence-electron chi connectivity index (χ4n) is 5.14. The minimum Gasteiger partial charge on any atom is -0.324 e. The fourth-order valence-corrected chi connectivity index (χ4v) is 5.72. The number of thiophene rings is 1. The number of rotatable bonds is 4. The summed E-state index contributed by atoms with van der Waals surface area (Å²) in [6.07, 6.45) is 8.23. The fraction of sp³-hybridized carbons (Fsp3) is 0.688. The van der Waals surface area contributed by atoms with Crippen molar-refractivity contribution in [2.75, 3.05) is 11.9 Å². The Balaban J connectivity index is 1.36. The summed E-state index contributed by atoms with van der Waals surface area (Å²) in [4.78, 5) is 12.0. The van der Waals surface area contributed by atoms with Crippen LogP contribution in [0.2, 0.25) is 0 Å². The van der Waals surface area contributed by atoms with E-state index in [2.05, 4.69) is 10.6 Å². The van der Waals surface area contributed by atoms with Gasteiger partial charge in [0, 0.05) is 10.9 Å². The molecule has 0 aliphatic heterocycles. The van der Waals surface area contributed by atoms with E-state index in [1.807, 2.05) is 16.8 Å². The minimum atomic E-state index is 0.0964. The topological polar surface area (TPSA) is 41.1 Å². The van der Waals surface area contributed by atoms with E-state index in [9.17, 15) is 4.79 Å². The van der Waals surface area contributed by atoms with E-state index in [0.29, 0.717) is 6.54 Å². The van der Waals surface area contributed by atoms with Crippen LogP contribution in [0.25, 0.3) is 0 Å². The summed E-state index contributed by atoms with van der Waals surface area (Å²) in [6.45, 7) is 0.460. The lowest BCUT2D eigenvalue weighted by molar-refractivity contribution is -0.116. The summed E-state index contributed by atoms with van der Waals surface area (Å²) in [7, 11) is 0. The molecule has 0 radical (unpaired) electrons. The monoisotopic (exact) mass is 290 g/mol. The van der Waals surface area contributed by atoms with E-state index in [-0.39, 0.29) is 11.4 Å². The van der Waals surface area contributed by atoms with Crippen molar-refractivity contribution in [2.45, 2.75) is 44.1 Å². The second-order valence-electron chi connectivity index (χ2n) is 7.11. The van der Waals surface area contributed by atoms with Crippen LogP contribution in [0.1, 0.15) is 38.5 Å². The van der Waals surface area contributed by atoms with Crippen molar-refractivity contribution >= 4 is 22.9 Å². The van der Waals surface area contributed by atoms with Crippen molar-refractivity contribution < 1.29 is 4.79 Å². The first-order valence-electron chi connectivity index (χ1n) is 7.78. The van der Waals surface area contributed by atoms with Gasteiger partial charge in [0.1, 0.15) is 0 Å². The molecular weight excluding hydrogens is 268 g/mol. The lowest BCUT2D eigenvalue weighted by atomic mass is 9.53. The number of carbonyl (C=O) groups is 1. The standard InChI is InChI=1S/C16H22N2OS/c19-15(18-14-1-2-20-10-14)9-17-16-6-11-3-12(7-16)5-13(4-11)8-16/h1-2,10-13,17H,3-9H2,(H,18,19). The molecule has 5 rings (SSSR count). The lowest BCUT2D eigenvalue weighted by Gasteiger charge is -2.57. The third-order valence-electron chi connectivity index (χ3n) is 5.47. The van der Waals surface area contributed by atoms with Gasteiger partial charge in [0.15, 0.2) is 0 Å². The Morgan fingerprint density at radius 2 is 1.85 bits per heavy atom. The molecule has 4 bridgehead atoms. The summed E-state index contributed by atoms with van der Waals surface area (Å²) in [5.74, 6) is 2.87. The van der Waals surface area contributed by atoms with Gasteiger partial charge in [0.2, 0.25) is 5.91 Å². The van der Waals surface area contributed by atoms with Gasteiger partial charge in [0.25, 0.3) is 0 Å². The first-order valence-corrected chi connectivity index (χ1v) is 8.72. The molecule has 2 N–H and O–H groups in total.